The van der Waals surface area contributed by atoms with Crippen LogP contribution in [0.2, 0.25) is 0 Å². The van der Waals surface area contributed by atoms with Crippen LogP contribution >= 0.6 is 0 Å². The maximum absolute atomic E-state index is 9.80. The van der Waals surface area contributed by atoms with Crippen LogP contribution in [-0.2, 0) is 0 Å². The van der Waals surface area contributed by atoms with E-state index >= 15 is 0 Å². The van der Waals surface area contributed by atoms with Gasteiger partial charge in [-0.2, -0.15) is 5.26 Å². The van der Waals surface area contributed by atoms with Gasteiger partial charge in [-0.25, -0.2) is 0 Å². The molecule has 0 bridgehead atoms. The zero-order valence-corrected chi connectivity index (χ0v) is 13.3. The zero-order valence-electron chi connectivity index (χ0n) is 13.3. The molecule has 21 heavy (non-hydrogen) atoms. The fourth-order valence-corrected chi connectivity index (χ4v) is 2.98. The van der Waals surface area contributed by atoms with Crippen LogP contribution in [0.4, 0.5) is 5.69 Å². The molecule has 1 aliphatic rings. The Morgan fingerprint density at radius 1 is 1.29 bits per heavy atom. The number of nitriles is 1. The first-order valence-corrected chi connectivity index (χ1v) is 8.22. The molecule has 1 aromatic carbocycles. The first-order chi connectivity index (χ1) is 10.3. The summed E-state index contributed by atoms with van der Waals surface area (Å²) in [5.74, 6) is 0.510. The Kier molecular flexibility index (Phi) is 5.64. The van der Waals surface area contributed by atoms with Crippen molar-refractivity contribution < 1.29 is 0 Å². The molecule has 1 unspecified atom stereocenters. The van der Waals surface area contributed by atoms with E-state index in [2.05, 4.69) is 54.4 Å². The van der Waals surface area contributed by atoms with Crippen LogP contribution in [-0.4, -0.2) is 25.2 Å². The van der Waals surface area contributed by atoms with E-state index in [-0.39, 0.29) is 0 Å². The van der Waals surface area contributed by atoms with Gasteiger partial charge in [0, 0.05) is 18.8 Å². The summed E-state index contributed by atoms with van der Waals surface area (Å²) < 4.78 is 0. The molecule has 0 radical (unpaired) electrons. The van der Waals surface area contributed by atoms with Crippen molar-refractivity contribution in [1.29, 1.82) is 5.26 Å². The van der Waals surface area contributed by atoms with E-state index in [0.717, 1.165) is 26.1 Å². The van der Waals surface area contributed by atoms with E-state index in [1.54, 1.807) is 0 Å². The van der Waals surface area contributed by atoms with Gasteiger partial charge in [0.25, 0.3) is 0 Å². The van der Waals surface area contributed by atoms with Gasteiger partial charge in [-0.15, -0.1) is 0 Å². The highest BCUT2D eigenvalue weighted by Crippen LogP contribution is 2.40. The molecule has 3 nitrogen and oxygen atoms in total. The second-order valence-electron chi connectivity index (χ2n) is 6.00. The van der Waals surface area contributed by atoms with Crippen molar-refractivity contribution in [3.05, 3.63) is 30.3 Å². The van der Waals surface area contributed by atoms with Gasteiger partial charge in [0.2, 0.25) is 0 Å². The number of unbranched alkanes of at least 4 members (excludes halogenated alkanes) is 1. The Morgan fingerprint density at radius 3 is 2.52 bits per heavy atom. The van der Waals surface area contributed by atoms with Crippen molar-refractivity contribution in [3.8, 4) is 6.07 Å². The van der Waals surface area contributed by atoms with Gasteiger partial charge in [0.05, 0.1) is 6.07 Å². The highest BCUT2D eigenvalue weighted by Gasteiger charge is 2.46. The number of nitrogens with zero attached hydrogens (tertiary/aromatic N) is 2. The summed E-state index contributed by atoms with van der Waals surface area (Å²) in [6, 6.07) is 13.1. The lowest BCUT2D eigenvalue weighted by Gasteiger charge is -2.35. The molecular formula is C18H27N3. The molecule has 1 aromatic rings. The molecule has 0 amide bonds. The minimum atomic E-state index is -0.391. The van der Waals surface area contributed by atoms with E-state index in [0.29, 0.717) is 5.92 Å². The maximum Gasteiger partial charge on any atom is 0.127 e. The molecular weight excluding hydrogens is 258 g/mol. The summed E-state index contributed by atoms with van der Waals surface area (Å²) in [4.78, 5) is 2.38. The predicted molar refractivity (Wildman–Crippen MR) is 88.3 cm³/mol. The molecule has 0 heterocycles. The van der Waals surface area contributed by atoms with Crippen molar-refractivity contribution in [2.75, 3.05) is 24.5 Å². The predicted octanol–water partition coefficient (Wildman–Crippen LogP) is 3.57. The number of benzene rings is 1. The third kappa shape index (κ3) is 3.98. The molecule has 2 rings (SSSR count). The van der Waals surface area contributed by atoms with Gasteiger partial charge < -0.3 is 4.90 Å². The van der Waals surface area contributed by atoms with Crippen molar-refractivity contribution in [1.82, 2.24) is 5.32 Å². The maximum atomic E-state index is 9.80. The smallest absolute Gasteiger partial charge is 0.127 e. The Bertz CT molecular complexity index is 461. The van der Waals surface area contributed by atoms with Crippen LogP contribution in [0.1, 0.15) is 39.5 Å². The second-order valence-corrected chi connectivity index (χ2v) is 6.00. The molecule has 3 heteroatoms. The van der Waals surface area contributed by atoms with Gasteiger partial charge in [-0.3, -0.25) is 5.32 Å². The number of anilines is 1. The van der Waals surface area contributed by atoms with Crippen molar-refractivity contribution in [2.45, 2.75) is 45.1 Å². The topological polar surface area (TPSA) is 39.1 Å². The minimum absolute atomic E-state index is 0.391. The van der Waals surface area contributed by atoms with Crippen LogP contribution in [0, 0.1) is 17.2 Å². The molecule has 0 aromatic heterocycles. The number of rotatable bonds is 9. The summed E-state index contributed by atoms with van der Waals surface area (Å²) in [5.41, 5.74) is 0.836. The Hall–Kier alpha value is -1.53. The SMILES string of the molecule is CCCCN(CC(C#N)(NCC)C1CC1)c1ccccc1. The fourth-order valence-electron chi connectivity index (χ4n) is 2.98. The number of nitrogens with one attached hydrogen (secondary N) is 1. The summed E-state index contributed by atoms with van der Waals surface area (Å²) in [6.07, 6.45) is 4.69. The second kappa shape index (κ2) is 7.47. The monoisotopic (exact) mass is 285 g/mol. The van der Waals surface area contributed by atoms with Crippen molar-refractivity contribution in [2.24, 2.45) is 5.92 Å². The largest absolute Gasteiger partial charge is 0.369 e. The normalized spacial score (nSPS) is 17.0. The van der Waals surface area contributed by atoms with E-state index < -0.39 is 5.54 Å². The third-order valence-electron chi connectivity index (χ3n) is 4.31. The van der Waals surface area contributed by atoms with Gasteiger partial charge in [0.15, 0.2) is 0 Å². The molecule has 0 saturated heterocycles. The van der Waals surface area contributed by atoms with Gasteiger partial charge >= 0.3 is 0 Å². The first-order valence-electron chi connectivity index (χ1n) is 8.22. The molecule has 0 spiro atoms. The summed E-state index contributed by atoms with van der Waals surface area (Å²) in [7, 11) is 0. The van der Waals surface area contributed by atoms with E-state index in [9.17, 15) is 5.26 Å². The Morgan fingerprint density at radius 2 is 2.00 bits per heavy atom. The number of para-hydroxylation sites is 1. The molecule has 0 aliphatic heterocycles. The molecule has 1 aliphatic carbocycles. The van der Waals surface area contributed by atoms with Gasteiger partial charge in [-0.05, 0) is 43.9 Å². The third-order valence-corrected chi connectivity index (χ3v) is 4.31. The highest BCUT2D eigenvalue weighted by molar-refractivity contribution is 5.47. The summed E-state index contributed by atoms with van der Waals surface area (Å²) in [5, 5.41) is 13.3. The zero-order chi connectivity index (χ0) is 15.1. The number of hydrogen-bond donors (Lipinski definition) is 1. The van der Waals surface area contributed by atoms with E-state index in [1.807, 2.05) is 6.07 Å². The molecule has 1 N–H and O–H groups in total. The molecule has 114 valence electrons. The standard InChI is InChI=1S/C18H27N3/c1-3-5-13-21(17-9-7-6-8-10-17)15-18(14-19,20-4-2)16-11-12-16/h6-10,16,20H,3-5,11-13,15H2,1-2H3. The lowest BCUT2D eigenvalue weighted by atomic mass is 9.93. The molecule has 1 saturated carbocycles. The number of likely N-dealkylation sites (N-methyl/N-ethyl adjacent to an activating group) is 1. The molecule has 1 fully saturated rings. The fraction of sp³-hybridized carbons (Fsp3) is 0.611. The van der Waals surface area contributed by atoms with Crippen molar-refractivity contribution in [3.63, 3.8) is 0 Å². The van der Waals surface area contributed by atoms with Crippen LogP contribution in [0.5, 0.6) is 0 Å². The van der Waals surface area contributed by atoms with Crippen LogP contribution in [0.25, 0.3) is 0 Å². The molecule has 1 atom stereocenters. The van der Waals surface area contributed by atoms with E-state index in [1.165, 1.54) is 24.9 Å². The van der Waals surface area contributed by atoms with Crippen LogP contribution in [0.15, 0.2) is 30.3 Å². The quantitative estimate of drug-likeness (QED) is 0.754. The van der Waals surface area contributed by atoms with Crippen molar-refractivity contribution >= 4 is 5.69 Å². The Labute approximate surface area is 129 Å². The summed E-state index contributed by atoms with van der Waals surface area (Å²) >= 11 is 0. The average Bonchev–Trinajstić information content (AvgIpc) is 3.36. The minimum Gasteiger partial charge on any atom is -0.369 e. The summed E-state index contributed by atoms with van der Waals surface area (Å²) in [6.45, 7) is 6.95. The lowest BCUT2D eigenvalue weighted by Crippen LogP contribution is -2.54. The average molecular weight is 285 g/mol. The number of hydrogen-bond acceptors (Lipinski definition) is 3. The first kappa shape index (κ1) is 15.9. The highest BCUT2D eigenvalue weighted by atomic mass is 15.2. The van der Waals surface area contributed by atoms with E-state index in [4.69, 9.17) is 0 Å². The van der Waals surface area contributed by atoms with Gasteiger partial charge in [0.1, 0.15) is 5.54 Å². The van der Waals surface area contributed by atoms with Gasteiger partial charge in [-0.1, -0.05) is 38.5 Å². The Balaban J connectivity index is 2.18. The van der Waals surface area contributed by atoms with Crippen LogP contribution in [0.3, 0.4) is 0 Å². The van der Waals surface area contributed by atoms with Crippen LogP contribution < -0.4 is 10.2 Å². The lowest BCUT2D eigenvalue weighted by molar-refractivity contribution is 0.371.